The number of carbonyl (C=O) groups is 1. The lowest BCUT2D eigenvalue weighted by molar-refractivity contribution is -0.145. The van der Waals surface area contributed by atoms with Crippen molar-refractivity contribution in [1.29, 1.82) is 0 Å². The first-order valence-electron chi connectivity index (χ1n) is 5.34. The van der Waals surface area contributed by atoms with Crippen LogP contribution < -0.4 is 4.74 Å². The van der Waals surface area contributed by atoms with Crippen molar-refractivity contribution in [3.8, 4) is 6.08 Å². The summed E-state index contributed by atoms with van der Waals surface area (Å²) in [6, 6.07) is 5.63. The van der Waals surface area contributed by atoms with Crippen LogP contribution in [0.3, 0.4) is 0 Å². The first-order chi connectivity index (χ1) is 8.19. The van der Waals surface area contributed by atoms with Crippen molar-refractivity contribution in [3.05, 3.63) is 23.8 Å². The molecule has 0 N–H and O–H groups in total. The molecule has 1 heterocycles. The van der Waals surface area contributed by atoms with Gasteiger partial charge < -0.3 is 13.9 Å². The minimum atomic E-state index is -0.439. The summed E-state index contributed by atoms with van der Waals surface area (Å²) >= 11 is 0. The van der Waals surface area contributed by atoms with Crippen LogP contribution in [0.1, 0.15) is 12.5 Å². The summed E-state index contributed by atoms with van der Waals surface area (Å²) in [4.78, 5) is 15.2. The van der Waals surface area contributed by atoms with Gasteiger partial charge in [-0.3, -0.25) is 0 Å². The Morgan fingerprint density at radius 2 is 2.29 bits per heavy atom. The molecule has 17 heavy (non-hydrogen) atoms. The second kappa shape index (κ2) is 4.86. The van der Waals surface area contributed by atoms with Crippen LogP contribution in [-0.2, 0) is 9.53 Å². The van der Waals surface area contributed by atoms with Crippen LogP contribution in [0.25, 0.3) is 11.1 Å². The summed E-state index contributed by atoms with van der Waals surface area (Å²) in [5.74, 6) is -0.439. The van der Waals surface area contributed by atoms with E-state index >= 15 is 0 Å². The zero-order valence-corrected chi connectivity index (χ0v) is 9.73. The van der Waals surface area contributed by atoms with Crippen molar-refractivity contribution in [1.82, 2.24) is 4.98 Å². The van der Waals surface area contributed by atoms with Crippen molar-refractivity contribution in [2.45, 2.75) is 13.8 Å². The monoisotopic (exact) mass is 235 g/mol. The van der Waals surface area contributed by atoms with Gasteiger partial charge in [-0.15, -0.1) is 0 Å². The van der Waals surface area contributed by atoms with Crippen LogP contribution in [0.15, 0.2) is 22.6 Å². The van der Waals surface area contributed by atoms with E-state index in [9.17, 15) is 4.79 Å². The van der Waals surface area contributed by atoms with Gasteiger partial charge in [-0.2, -0.15) is 4.98 Å². The minimum Gasteiger partial charge on any atom is -0.463 e. The molecule has 0 saturated heterocycles. The second-order valence-electron chi connectivity index (χ2n) is 3.54. The molecule has 0 bridgehead atoms. The van der Waals surface area contributed by atoms with E-state index in [2.05, 4.69) is 4.98 Å². The molecule has 90 valence electrons. The number of oxazole rings is 1. The Bertz CT molecular complexity index is 532. The van der Waals surface area contributed by atoms with Gasteiger partial charge in [-0.25, -0.2) is 4.79 Å². The van der Waals surface area contributed by atoms with Gasteiger partial charge in [0.15, 0.2) is 12.2 Å². The van der Waals surface area contributed by atoms with Crippen LogP contribution in [-0.4, -0.2) is 24.2 Å². The Balaban J connectivity index is 2.07. The highest BCUT2D eigenvalue weighted by molar-refractivity contribution is 5.74. The largest absolute Gasteiger partial charge is 0.463 e. The number of fused-ring (bicyclic) bond motifs is 1. The smallest absolute Gasteiger partial charge is 0.395 e. The molecule has 0 fully saturated rings. The predicted octanol–water partition coefficient (Wildman–Crippen LogP) is 2.08. The van der Waals surface area contributed by atoms with Crippen molar-refractivity contribution in [2.24, 2.45) is 0 Å². The molecule has 5 nitrogen and oxygen atoms in total. The highest BCUT2D eigenvalue weighted by Gasteiger charge is 2.09. The number of aryl methyl sites for hydroxylation is 1. The van der Waals surface area contributed by atoms with Crippen molar-refractivity contribution < 1.29 is 18.7 Å². The van der Waals surface area contributed by atoms with E-state index in [1.807, 2.05) is 25.1 Å². The molecule has 2 aromatic rings. The van der Waals surface area contributed by atoms with Crippen LogP contribution >= 0.6 is 0 Å². The minimum absolute atomic E-state index is 0.0821. The van der Waals surface area contributed by atoms with Gasteiger partial charge in [-0.1, -0.05) is 6.07 Å². The Kier molecular flexibility index (Phi) is 3.27. The highest BCUT2D eigenvalue weighted by Crippen LogP contribution is 2.21. The molecule has 0 atom stereocenters. The maximum Gasteiger partial charge on any atom is 0.395 e. The van der Waals surface area contributed by atoms with Crippen LogP contribution in [0.4, 0.5) is 0 Å². The van der Waals surface area contributed by atoms with Gasteiger partial charge in [0.05, 0.1) is 6.61 Å². The number of rotatable bonds is 4. The average molecular weight is 235 g/mol. The number of aromatic nitrogens is 1. The SMILES string of the molecule is CCOC(=O)COc1nc2ccc(C)cc2o1. The predicted molar refractivity (Wildman–Crippen MR) is 60.9 cm³/mol. The van der Waals surface area contributed by atoms with E-state index < -0.39 is 5.97 Å². The first-order valence-corrected chi connectivity index (χ1v) is 5.34. The lowest BCUT2D eigenvalue weighted by atomic mass is 10.2. The molecule has 0 spiro atoms. The number of carbonyl (C=O) groups excluding carboxylic acids is 1. The standard InChI is InChI=1S/C12H13NO4/c1-3-15-11(14)7-16-12-13-9-5-4-8(2)6-10(9)17-12/h4-6H,3,7H2,1-2H3. The Morgan fingerprint density at radius 1 is 1.47 bits per heavy atom. The summed E-state index contributed by atoms with van der Waals surface area (Å²) in [7, 11) is 0. The lowest BCUT2D eigenvalue weighted by Crippen LogP contribution is -2.14. The third-order valence-corrected chi connectivity index (χ3v) is 2.14. The molecular weight excluding hydrogens is 222 g/mol. The molecule has 0 saturated carbocycles. The van der Waals surface area contributed by atoms with E-state index in [-0.39, 0.29) is 12.7 Å². The van der Waals surface area contributed by atoms with Crippen LogP contribution in [0.5, 0.6) is 6.08 Å². The van der Waals surface area contributed by atoms with Crippen LogP contribution in [0, 0.1) is 6.92 Å². The van der Waals surface area contributed by atoms with Gasteiger partial charge in [0.1, 0.15) is 5.52 Å². The van der Waals surface area contributed by atoms with Gasteiger partial charge >= 0.3 is 12.0 Å². The van der Waals surface area contributed by atoms with Gasteiger partial charge in [0, 0.05) is 0 Å². The Hall–Kier alpha value is -2.04. The molecule has 0 radical (unpaired) electrons. The maximum absolute atomic E-state index is 11.1. The summed E-state index contributed by atoms with van der Waals surface area (Å²) in [5, 5.41) is 0. The zero-order valence-electron chi connectivity index (χ0n) is 9.73. The molecule has 0 unspecified atom stereocenters. The summed E-state index contributed by atoms with van der Waals surface area (Å²) in [6.07, 6.45) is 0.0821. The number of esters is 1. The Morgan fingerprint density at radius 3 is 3.06 bits per heavy atom. The average Bonchev–Trinajstić information content (AvgIpc) is 2.68. The fourth-order valence-corrected chi connectivity index (χ4v) is 1.40. The fourth-order valence-electron chi connectivity index (χ4n) is 1.40. The number of benzene rings is 1. The van der Waals surface area contributed by atoms with Crippen molar-refractivity contribution in [2.75, 3.05) is 13.2 Å². The molecular formula is C12H13NO4. The van der Waals surface area contributed by atoms with Crippen molar-refractivity contribution >= 4 is 17.1 Å². The lowest BCUT2D eigenvalue weighted by Gasteiger charge is -2.00. The van der Waals surface area contributed by atoms with E-state index in [4.69, 9.17) is 13.9 Å². The van der Waals surface area contributed by atoms with Gasteiger partial charge in [-0.05, 0) is 31.5 Å². The quantitative estimate of drug-likeness (QED) is 0.759. The first kappa shape index (κ1) is 11.4. The van der Waals surface area contributed by atoms with E-state index in [0.29, 0.717) is 17.7 Å². The van der Waals surface area contributed by atoms with Gasteiger partial charge in [0.25, 0.3) is 0 Å². The molecule has 2 rings (SSSR count). The highest BCUT2D eigenvalue weighted by atomic mass is 16.6. The van der Waals surface area contributed by atoms with Gasteiger partial charge in [0.2, 0.25) is 0 Å². The normalized spacial score (nSPS) is 10.5. The third kappa shape index (κ3) is 2.75. The van der Waals surface area contributed by atoms with Crippen LogP contribution in [0.2, 0.25) is 0 Å². The number of ether oxygens (including phenoxy) is 2. The van der Waals surface area contributed by atoms with E-state index in [0.717, 1.165) is 5.56 Å². The molecule has 0 aliphatic rings. The fraction of sp³-hybridized carbons (Fsp3) is 0.333. The third-order valence-electron chi connectivity index (χ3n) is 2.14. The molecule has 0 amide bonds. The molecule has 5 heteroatoms. The number of nitrogens with zero attached hydrogens (tertiary/aromatic N) is 1. The Labute approximate surface area is 98.3 Å². The zero-order chi connectivity index (χ0) is 12.3. The van der Waals surface area contributed by atoms with Crippen molar-refractivity contribution in [3.63, 3.8) is 0 Å². The number of hydrogen-bond donors (Lipinski definition) is 0. The molecule has 1 aromatic heterocycles. The number of hydrogen-bond acceptors (Lipinski definition) is 5. The topological polar surface area (TPSA) is 61.6 Å². The molecule has 1 aromatic carbocycles. The summed E-state index contributed by atoms with van der Waals surface area (Å²) in [5.41, 5.74) is 2.42. The molecule has 0 aliphatic heterocycles. The van der Waals surface area contributed by atoms with E-state index in [1.165, 1.54) is 0 Å². The maximum atomic E-state index is 11.1. The summed E-state index contributed by atoms with van der Waals surface area (Å²) < 4.78 is 15.2. The van der Waals surface area contributed by atoms with E-state index in [1.54, 1.807) is 6.92 Å². The second-order valence-corrected chi connectivity index (χ2v) is 3.54. The molecule has 0 aliphatic carbocycles. The summed E-state index contributed by atoms with van der Waals surface area (Å²) in [6.45, 7) is 3.83.